The van der Waals surface area contributed by atoms with Crippen molar-refractivity contribution in [3.05, 3.63) is 71.5 Å². The van der Waals surface area contributed by atoms with Gasteiger partial charge in [0.2, 0.25) is 11.8 Å². The van der Waals surface area contributed by atoms with E-state index in [4.69, 9.17) is 4.84 Å². The summed E-state index contributed by atoms with van der Waals surface area (Å²) in [5.41, 5.74) is 4.41. The lowest BCUT2D eigenvalue weighted by molar-refractivity contribution is -0.133. The van der Waals surface area contributed by atoms with E-state index in [9.17, 15) is 19.1 Å². The number of benzene rings is 2. The minimum atomic E-state index is -0.974. The van der Waals surface area contributed by atoms with Crippen molar-refractivity contribution in [2.45, 2.75) is 88.2 Å². The van der Waals surface area contributed by atoms with Gasteiger partial charge in [-0.05, 0) is 38.3 Å². The molecule has 5 rings (SSSR count). The minimum Gasteiger partial charge on any atom is -0.378 e. The molecule has 0 spiro atoms. The zero-order valence-electron chi connectivity index (χ0n) is 23.6. The lowest BCUT2D eigenvalue weighted by Gasteiger charge is -2.33. The highest BCUT2D eigenvalue weighted by Crippen LogP contribution is 2.34. The van der Waals surface area contributed by atoms with Gasteiger partial charge in [-0.2, -0.15) is 5.48 Å². The number of nitrogens with zero attached hydrogens (tertiary/aromatic N) is 1. The minimum absolute atomic E-state index is 0.0279. The zero-order valence-corrected chi connectivity index (χ0v) is 23.6. The summed E-state index contributed by atoms with van der Waals surface area (Å²) in [5.74, 6) is -1.03. The van der Waals surface area contributed by atoms with E-state index < -0.39 is 24.2 Å². The fraction of sp³-hybridized carbons (Fsp3) is 0.533. The van der Waals surface area contributed by atoms with E-state index in [0.29, 0.717) is 25.1 Å². The molecule has 10 nitrogen and oxygen atoms in total. The van der Waals surface area contributed by atoms with E-state index in [-0.39, 0.29) is 48.5 Å². The topological polar surface area (TPSA) is 127 Å². The molecule has 0 radical (unpaired) electrons. The molecule has 222 valence electrons. The van der Waals surface area contributed by atoms with Gasteiger partial charge in [0.1, 0.15) is 24.1 Å². The van der Waals surface area contributed by atoms with Crippen molar-refractivity contribution < 1.29 is 23.9 Å². The van der Waals surface area contributed by atoms with E-state index in [2.05, 4.69) is 26.7 Å². The number of aliphatic hydroxyl groups is 1. The number of aliphatic hydroxyl groups excluding tert-OH is 1. The third-order valence-corrected chi connectivity index (χ3v) is 8.31. The molecule has 3 heterocycles. The van der Waals surface area contributed by atoms with Crippen LogP contribution in [-0.4, -0.2) is 71.5 Å². The predicted molar refractivity (Wildman–Crippen MR) is 151 cm³/mol. The molecule has 2 amide bonds. The number of likely N-dealkylation sites (tertiary alicyclic amines) is 1. The first-order valence-corrected chi connectivity index (χ1v) is 14.5. The van der Waals surface area contributed by atoms with Crippen LogP contribution in [0, 0.1) is 5.82 Å². The molecule has 0 bridgehead atoms. The summed E-state index contributed by atoms with van der Waals surface area (Å²) in [6, 6.07) is 14.5. The van der Waals surface area contributed by atoms with E-state index in [1.807, 2.05) is 49.1 Å². The Hall–Kier alpha value is -2.93. The van der Waals surface area contributed by atoms with E-state index >= 15 is 0 Å². The average Bonchev–Trinajstić information content (AvgIpc) is 3.74. The highest BCUT2D eigenvalue weighted by atomic mass is 19.1. The Morgan fingerprint density at radius 1 is 1.15 bits per heavy atom. The van der Waals surface area contributed by atoms with Crippen molar-refractivity contribution in [1.29, 1.82) is 0 Å². The zero-order chi connectivity index (χ0) is 28.9. The molecular formula is C30H41FN6O4. The third kappa shape index (κ3) is 7.11. The number of amides is 2. The second-order valence-corrected chi connectivity index (χ2v) is 11.3. The molecule has 2 aromatic rings. The summed E-state index contributed by atoms with van der Waals surface area (Å²) in [7, 11) is 0. The molecule has 41 heavy (non-hydrogen) atoms. The van der Waals surface area contributed by atoms with Gasteiger partial charge in [-0.15, -0.1) is 0 Å². The largest absolute Gasteiger partial charge is 0.378 e. The van der Waals surface area contributed by atoms with Crippen LogP contribution in [0.2, 0.25) is 0 Å². The lowest BCUT2D eigenvalue weighted by atomic mass is 10.0. The van der Waals surface area contributed by atoms with Gasteiger partial charge >= 0.3 is 0 Å². The van der Waals surface area contributed by atoms with Gasteiger partial charge in [0, 0.05) is 43.6 Å². The Balaban J connectivity index is 1.25. The molecular weight excluding hydrogens is 527 g/mol. The lowest BCUT2D eigenvalue weighted by Crippen LogP contribution is -2.58. The molecule has 0 aromatic heterocycles. The molecule has 3 saturated heterocycles. The monoisotopic (exact) mass is 568 g/mol. The number of carbonyl (C=O) groups excluding carboxylic acids is 2. The van der Waals surface area contributed by atoms with Crippen LogP contribution >= 0.6 is 0 Å². The van der Waals surface area contributed by atoms with Crippen LogP contribution in [0.15, 0.2) is 54.6 Å². The first-order chi connectivity index (χ1) is 19.8. The summed E-state index contributed by atoms with van der Waals surface area (Å²) in [5, 5.41) is 23.9. The smallest absolute Gasteiger partial charge is 0.243 e. The fourth-order valence-corrected chi connectivity index (χ4v) is 6.08. The third-order valence-electron chi connectivity index (χ3n) is 8.31. The maximum absolute atomic E-state index is 14.3. The number of hydroxylamine groups is 1. The van der Waals surface area contributed by atoms with E-state index in [1.54, 1.807) is 18.2 Å². The second-order valence-electron chi connectivity index (χ2n) is 11.3. The molecule has 0 saturated carbocycles. The Kier molecular flexibility index (Phi) is 9.64. The number of hydrogen-bond donors (Lipinski definition) is 6. The van der Waals surface area contributed by atoms with Gasteiger partial charge in [-0.1, -0.05) is 48.5 Å². The summed E-state index contributed by atoms with van der Waals surface area (Å²) >= 11 is 0. The molecule has 3 aliphatic rings. The van der Waals surface area contributed by atoms with Gasteiger partial charge in [-0.3, -0.25) is 30.0 Å². The Bertz CT molecular complexity index is 1190. The van der Waals surface area contributed by atoms with Gasteiger partial charge in [0.15, 0.2) is 0 Å². The first kappa shape index (κ1) is 29.6. The fourth-order valence-electron chi connectivity index (χ4n) is 6.08. The van der Waals surface area contributed by atoms with Crippen molar-refractivity contribution in [2.24, 2.45) is 0 Å². The van der Waals surface area contributed by atoms with Crippen LogP contribution in [0.25, 0.3) is 0 Å². The second kappa shape index (κ2) is 13.4. The van der Waals surface area contributed by atoms with Crippen LogP contribution in [0.3, 0.4) is 0 Å². The Morgan fingerprint density at radius 2 is 1.90 bits per heavy atom. The van der Waals surface area contributed by atoms with Crippen molar-refractivity contribution in [3.63, 3.8) is 0 Å². The van der Waals surface area contributed by atoms with Crippen LogP contribution in [-0.2, 0) is 14.4 Å². The van der Waals surface area contributed by atoms with Gasteiger partial charge in [0.25, 0.3) is 0 Å². The standard InChI is InChI=1S/C30H41FN6O4/c1-18-15-24(36-41-18)30(40)35-23(16-27(38)37-14-8-13-26(37)20-9-4-3-5-10-20)29(39)33-19(2)28-32-17-25(34-28)21-11-6-7-12-22(21)31/h3-7,9-12,18-19,23-28,32,34,36,38H,8,13-17H2,1-2H3,(H,33,39)(H,35,40)/t18?,19-,23-,24?,25?,26+,27?,28?/m0/s1. The summed E-state index contributed by atoms with van der Waals surface area (Å²) in [6.07, 6.45) is 0.979. The summed E-state index contributed by atoms with van der Waals surface area (Å²) in [6.45, 7) is 4.92. The normalized spacial score (nSPS) is 28.7. The quantitative estimate of drug-likeness (QED) is 0.255. The number of hydrogen-bond acceptors (Lipinski definition) is 8. The van der Waals surface area contributed by atoms with Gasteiger partial charge < -0.3 is 15.7 Å². The van der Waals surface area contributed by atoms with Crippen LogP contribution in [0.5, 0.6) is 0 Å². The average molecular weight is 569 g/mol. The molecule has 11 heteroatoms. The molecule has 3 fully saturated rings. The Morgan fingerprint density at radius 3 is 2.63 bits per heavy atom. The van der Waals surface area contributed by atoms with Crippen LogP contribution in [0.4, 0.5) is 4.39 Å². The van der Waals surface area contributed by atoms with E-state index in [0.717, 1.165) is 18.4 Å². The Labute approximate surface area is 240 Å². The highest BCUT2D eigenvalue weighted by Gasteiger charge is 2.37. The number of carbonyl (C=O) groups is 2. The SMILES string of the molecule is CC1CC(C(=O)N[C@@H](CC(O)N2CCC[C@@H]2c2ccccc2)C(=O)N[C@@H](C)C2NCC(c3ccccc3F)N2)NO1. The molecule has 3 aliphatic heterocycles. The predicted octanol–water partition coefficient (Wildman–Crippen LogP) is 1.60. The van der Waals surface area contributed by atoms with E-state index in [1.165, 1.54) is 6.07 Å². The maximum atomic E-state index is 14.3. The van der Waals surface area contributed by atoms with Crippen molar-refractivity contribution >= 4 is 11.8 Å². The molecule has 0 aliphatic carbocycles. The van der Waals surface area contributed by atoms with Gasteiger partial charge in [0.05, 0.1) is 18.3 Å². The first-order valence-electron chi connectivity index (χ1n) is 14.5. The summed E-state index contributed by atoms with van der Waals surface area (Å²) < 4.78 is 14.3. The van der Waals surface area contributed by atoms with Crippen LogP contribution in [0.1, 0.15) is 62.7 Å². The van der Waals surface area contributed by atoms with Crippen molar-refractivity contribution in [3.8, 4) is 0 Å². The van der Waals surface area contributed by atoms with Crippen LogP contribution < -0.4 is 26.7 Å². The summed E-state index contributed by atoms with van der Waals surface area (Å²) in [4.78, 5) is 34.0. The van der Waals surface area contributed by atoms with Crippen molar-refractivity contribution in [2.75, 3.05) is 13.1 Å². The van der Waals surface area contributed by atoms with Gasteiger partial charge in [-0.25, -0.2) is 4.39 Å². The molecule has 2 aromatic carbocycles. The molecule has 6 N–H and O–H groups in total. The maximum Gasteiger partial charge on any atom is 0.243 e. The number of nitrogens with one attached hydrogen (secondary N) is 5. The highest BCUT2D eigenvalue weighted by molar-refractivity contribution is 5.90. The number of rotatable bonds is 10. The number of halogens is 1. The molecule has 5 unspecified atom stereocenters. The molecule has 8 atom stereocenters. The van der Waals surface area contributed by atoms with Crippen molar-refractivity contribution in [1.82, 2.24) is 31.6 Å².